The van der Waals surface area contributed by atoms with Gasteiger partial charge in [-0.15, -0.1) is 0 Å². The molecule has 0 radical (unpaired) electrons. The summed E-state index contributed by atoms with van der Waals surface area (Å²) in [5.74, 6) is 0. The molecule has 2 N–H and O–H groups in total. The molecule has 0 saturated heterocycles. The van der Waals surface area contributed by atoms with Crippen LogP contribution in [0.2, 0.25) is 0 Å². The number of hydrogen-bond acceptors (Lipinski definition) is 2. The molecule has 0 heterocycles. The minimum atomic E-state index is -3.50. The molecule has 0 unspecified atom stereocenters. The molecule has 5 heteroatoms. The second-order valence-electron chi connectivity index (χ2n) is 2.66. The van der Waals surface area contributed by atoms with Gasteiger partial charge in [0.15, 0.2) is 0 Å². The molecule has 0 aliphatic carbocycles. The number of primary sulfonamides is 1. The van der Waals surface area contributed by atoms with Gasteiger partial charge < -0.3 is 0 Å². The minimum absolute atomic E-state index is 0.259. The molecule has 1 aromatic carbocycles. The third kappa shape index (κ3) is 3.62. The van der Waals surface area contributed by atoms with E-state index in [4.69, 9.17) is 5.14 Å². The van der Waals surface area contributed by atoms with Gasteiger partial charge >= 0.3 is 92.9 Å². The van der Waals surface area contributed by atoms with Gasteiger partial charge in [0.05, 0.1) is 0 Å². The summed E-state index contributed by atoms with van der Waals surface area (Å²) in [4.78, 5) is 0. The second-order valence-corrected chi connectivity index (χ2v) is 6.95. The summed E-state index contributed by atoms with van der Waals surface area (Å²) in [6, 6.07) is 10.3. The second kappa shape index (κ2) is 4.73. The quantitative estimate of drug-likeness (QED) is 0.633. The van der Waals surface area contributed by atoms with E-state index in [1.54, 1.807) is 12.1 Å². The van der Waals surface area contributed by atoms with Crippen molar-refractivity contribution >= 4 is 19.5 Å². The number of nitrogens with two attached hydrogens (primary N) is 1. The van der Waals surface area contributed by atoms with Crippen molar-refractivity contribution in [3.63, 3.8) is 0 Å². The van der Waals surface area contributed by atoms with Crippen molar-refractivity contribution in [2.75, 3.05) is 0 Å². The third-order valence-corrected chi connectivity index (χ3v) is 5.44. The van der Waals surface area contributed by atoms with Crippen LogP contribution in [0.3, 0.4) is 0 Å². The fourth-order valence-electron chi connectivity index (χ4n) is 0.788. The van der Waals surface area contributed by atoms with Crippen LogP contribution < -0.4 is 5.14 Å². The Labute approximate surface area is 92.9 Å². The summed E-state index contributed by atoms with van der Waals surface area (Å²) in [5.41, 5.74) is 0.835. The van der Waals surface area contributed by atoms with Gasteiger partial charge in [-0.2, -0.15) is 0 Å². The molecule has 0 fully saturated rings. The fraction of sp³-hybridized carbons (Fsp3) is 0. The van der Waals surface area contributed by atoms with E-state index in [-0.39, 0.29) is 3.44 Å². The van der Waals surface area contributed by atoms with Crippen LogP contribution in [-0.4, -0.2) is 11.9 Å². The molecule has 1 aromatic rings. The first-order chi connectivity index (χ1) is 6.50. The zero-order chi connectivity index (χ0) is 10.6. The van der Waals surface area contributed by atoms with Gasteiger partial charge in [-0.05, 0) is 0 Å². The Morgan fingerprint density at radius 1 is 1.50 bits per heavy atom. The molecule has 0 spiro atoms. The molecule has 3 nitrogen and oxygen atoms in total. The molecule has 0 atom stereocenters. The van der Waals surface area contributed by atoms with Crippen LogP contribution >= 0.6 is 0 Å². The van der Waals surface area contributed by atoms with Crippen molar-refractivity contribution in [3.8, 4) is 0 Å². The number of hydrogen-bond donors (Lipinski definition) is 1. The van der Waals surface area contributed by atoms with E-state index in [1.165, 1.54) is 6.08 Å². The Balaban J connectivity index is 2.81. The molecule has 0 aliphatic heterocycles. The Hall–Kier alpha value is -0.637. The Bertz CT molecular complexity index is 451. The number of benzene rings is 1. The predicted octanol–water partition coefficient (Wildman–Crippen LogP) is 0.465. The molecule has 0 bridgehead atoms. The molecule has 0 aromatic heterocycles. The summed E-state index contributed by atoms with van der Waals surface area (Å²) in [5, 5.41) is 4.95. The molecular formula is C9H8NO2SZn-. The maximum atomic E-state index is 10.9. The monoisotopic (exact) mass is 258 g/mol. The molecule has 14 heavy (non-hydrogen) atoms. The Morgan fingerprint density at radius 3 is 2.71 bits per heavy atom. The first kappa shape index (κ1) is 11.4. The van der Waals surface area contributed by atoms with E-state index in [9.17, 15) is 8.42 Å². The van der Waals surface area contributed by atoms with E-state index in [2.05, 4.69) is 6.07 Å². The molecule has 0 aliphatic rings. The van der Waals surface area contributed by atoms with Crippen LogP contribution in [0, 0.1) is 6.07 Å². The van der Waals surface area contributed by atoms with Crippen LogP contribution in [0.15, 0.2) is 30.3 Å². The van der Waals surface area contributed by atoms with Crippen molar-refractivity contribution in [3.05, 3.63) is 42.0 Å². The normalized spacial score (nSPS) is 11.9. The number of rotatable bonds is 3. The summed E-state index contributed by atoms with van der Waals surface area (Å²) in [6.07, 6.45) is 3.20. The SMILES string of the molecule is NS(=O)(=O)[C](=[Zn])/C=C\c1[c-]cccc1. The van der Waals surface area contributed by atoms with E-state index in [1.807, 2.05) is 18.2 Å². The predicted molar refractivity (Wildman–Crippen MR) is 52.4 cm³/mol. The van der Waals surface area contributed by atoms with Gasteiger partial charge in [0.25, 0.3) is 0 Å². The zero-order valence-corrected chi connectivity index (χ0v) is 11.3. The average Bonchev–Trinajstić information content (AvgIpc) is 2.14. The van der Waals surface area contributed by atoms with E-state index in [0.717, 1.165) is 5.56 Å². The van der Waals surface area contributed by atoms with Crippen LogP contribution in [0.1, 0.15) is 5.56 Å². The molecular weight excluding hydrogens is 252 g/mol. The van der Waals surface area contributed by atoms with Gasteiger partial charge in [-0.25, -0.2) is 0 Å². The zero-order valence-electron chi connectivity index (χ0n) is 7.47. The van der Waals surface area contributed by atoms with Gasteiger partial charge in [-0.1, -0.05) is 0 Å². The van der Waals surface area contributed by atoms with Gasteiger partial charge in [0.2, 0.25) is 0 Å². The van der Waals surface area contributed by atoms with Gasteiger partial charge in [-0.3, -0.25) is 0 Å². The van der Waals surface area contributed by atoms with E-state index < -0.39 is 10.0 Å². The standard InChI is InChI=1S/C9H8NO2S.Zn/c10-13(11,12)8-4-7-9-5-2-1-3-6-9;/h1-5,7H,(H2,10,11,12);/q-1;/b7-4-;. The maximum absolute atomic E-state index is 10.9. The third-order valence-electron chi connectivity index (χ3n) is 1.55. The first-order valence-electron chi connectivity index (χ1n) is 3.86. The summed E-state index contributed by atoms with van der Waals surface area (Å²) in [7, 11) is -3.50. The van der Waals surface area contributed by atoms with Crippen molar-refractivity contribution in [1.82, 2.24) is 0 Å². The molecule has 70 valence electrons. The topological polar surface area (TPSA) is 60.2 Å². The van der Waals surface area contributed by atoms with Crippen molar-refractivity contribution in [2.24, 2.45) is 5.14 Å². The molecule has 0 amide bonds. The summed E-state index contributed by atoms with van der Waals surface area (Å²) >= 11 is 0.516. The van der Waals surface area contributed by atoms with E-state index >= 15 is 0 Å². The van der Waals surface area contributed by atoms with Crippen molar-refractivity contribution in [2.45, 2.75) is 0 Å². The van der Waals surface area contributed by atoms with Gasteiger partial charge in [0.1, 0.15) is 0 Å². The summed E-state index contributed by atoms with van der Waals surface area (Å²) < 4.78 is 22.0. The Morgan fingerprint density at radius 2 is 2.21 bits per heavy atom. The Kier molecular flexibility index (Phi) is 3.87. The van der Waals surface area contributed by atoms with Crippen LogP contribution in [0.25, 0.3) is 6.08 Å². The van der Waals surface area contributed by atoms with Crippen LogP contribution in [0.5, 0.6) is 0 Å². The van der Waals surface area contributed by atoms with Crippen molar-refractivity contribution in [1.29, 1.82) is 0 Å². The first-order valence-corrected chi connectivity index (χ1v) is 6.89. The van der Waals surface area contributed by atoms with Crippen LogP contribution in [0.4, 0.5) is 0 Å². The van der Waals surface area contributed by atoms with Crippen LogP contribution in [-0.2, 0) is 27.9 Å². The van der Waals surface area contributed by atoms with E-state index in [0.29, 0.717) is 17.9 Å². The molecule has 0 saturated carbocycles. The van der Waals surface area contributed by atoms with Gasteiger partial charge in [0, 0.05) is 0 Å². The number of sulfonamides is 1. The fourth-order valence-corrected chi connectivity index (χ4v) is 1.29. The average molecular weight is 260 g/mol. The van der Waals surface area contributed by atoms with Crippen molar-refractivity contribution < 1.29 is 26.3 Å². The molecule has 1 rings (SSSR count). The summed E-state index contributed by atoms with van der Waals surface area (Å²) in [6.45, 7) is 0.